The molecule has 0 bridgehead atoms. The minimum absolute atomic E-state index is 0.0766. The summed E-state index contributed by atoms with van der Waals surface area (Å²) in [5.74, 6) is 0.497. The third-order valence-electron chi connectivity index (χ3n) is 2.52. The molecular formula is C11H16N2O4. The van der Waals surface area contributed by atoms with Crippen LogP contribution in [0.25, 0.3) is 0 Å². The van der Waals surface area contributed by atoms with Gasteiger partial charge in [0, 0.05) is 18.8 Å². The van der Waals surface area contributed by atoms with Gasteiger partial charge in [-0.1, -0.05) is 0 Å². The summed E-state index contributed by atoms with van der Waals surface area (Å²) in [7, 11) is 1.63. The van der Waals surface area contributed by atoms with Gasteiger partial charge >= 0.3 is 5.69 Å². The fourth-order valence-corrected chi connectivity index (χ4v) is 1.58. The van der Waals surface area contributed by atoms with E-state index in [1.54, 1.807) is 20.0 Å². The second kappa shape index (κ2) is 5.29. The zero-order chi connectivity index (χ0) is 12.3. The lowest BCUT2D eigenvalue weighted by molar-refractivity contribution is -0.102. The van der Waals surface area contributed by atoms with Crippen molar-refractivity contribution in [3.05, 3.63) is 22.2 Å². The molecule has 2 rings (SSSR count). The van der Waals surface area contributed by atoms with Gasteiger partial charge in [-0.2, -0.15) is 4.98 Å². The Morgan fingerprint density at radius 1 is 1.59 bits per heavy atom. The summed E-state index contributed by atoms with van der Waals surface area (Å²) in [4.78, 5) is 15.2. The first kappa shape index (κ1) is 12.1. The van der Waals surface area contributed by atoms with Gasteiger partial charge < -0.3 is 14.2 Å². The lowest BCUT2D eigenvalue weighted by Crippen LogP contribution is -2.34. The summed E-state index contributed by atoms with van der Waals surface area (Å²) >= 11 is 0. The maximum atomic E-state index is 11.4. The van der Waals surface area contributed by atoms with Crippen LogP contribution in [-0.2, 0) is 16.5 Å². The van der Waals surface area contributed by atoms with E-state index in [1.165, 1.54) is 4.57 Å². The van der Waals surface area contributed by atoms with Gasteiger partial charge in [-0.3, -0.25) is 4.57 Å². The van der Waals surface area contributed by atoms with Crippen molar-refractivity contribution in [3.63, 3.8) is 0 Å². The Kier molecular flexibility index (Phi) is 3.75. The lowest BCUT2D eigenvalue weighted by atomic mass is 10.4. The average molecular weight is 240 g/mol. The number of ether oxygens (including phenoxy) is 3. The van der Waals surface area contributed by atoms with E-state index in [1.807, 2.05) is 0 Å². The highest BCUT2D eigenvalue weighted by Gasteiger charge is 2.15. The molecule has 1 aliphatic rings. The Morgan fingerprint density at radius 2 is 2.41 bits per heavy atom. The summed E-state index contributed by atoms with van der Waals surface area (Å²) in [5.41, 5.74) is 0.324. The standard InChI is InChI=1S/C11H16N2O4/c1-8-5-10(13(2)11(14)12-8)17-7-9-6-15-3-4-16-9/h5,9H,3-4,6-7H2,1-2H3. The third kappa shape index (κ3) is 3.04. The molecule has 1 aliphatic heterocycles. The van der Waals surface area contributed by atoms with Crippen LogP contribution in [0.3, 0.4) is 0 Å². The van der Waals surface area contributed by atoms with Crippen molar-refractivity contribution >= 4 is 0 Å². The van der Waals surface area contributed by atoms with E-state index in [0.29, 0.717) is 38.0 Å². The first-order valence-electron chi connectivity index (χ1n) is 5.53. The van der Waals surface area contributed by atoms with E-state index in [9.17, 15) is 4.79 Å². The quantitative estimate of drug-likeness (QED) is 0.737. The molecule has 0 aliphatic carbocycles. The Labute approximate surface area is 99.1 Å². The molecule has 0 spiro atoms. The van der Waals surface area contributed by atoms with Gasteiger partial charge in [0.1, 0.15) is 12.7 Å². The molecule has 0 saturated carbocycles. The zero-order valence-corrected chi connectivity index (χ0v) is 10.0. The summed E-state index contributed by atoms with van der Waals surface area (Å²) < 4.78 is 17.6. The van der Waals surface area contributed by atoms with Crippen LogP contribution in [0.2, 0.25) is 0 Å². The monoisotopic (exact) mass is 240 g/mol. The number of hydrogen-bond acceptors (Lipinski definition) is 5. The highest BCUT2D eigenvalue weighted by Crippen LogP contribution is 2.09. The Bertz CT molecular complexity index is 438. The summed E-state index contributed by atoms with van der Waals surface area (Å²) in [6.07, 6.45) is -0.0766. The smallest absolute Gasteiger partial charge is 0.350 e. The van der Waals surface area contributed by atoms with Crippen molar-refractivity contribution in [2.24, 2.45) is 7.05 Å². The van der Waals surface area contributed by atoms with Crippen LogP contribution in [0.4, 0.5) is 0 Å². The molecule has 6 heteroatoms. The molecular weight excluding hydrogens is 224 g/mol. The molecule has 1 aromatic rings. The van der Waals surface area contributed by atoms with Gasteiger partial charge in [-0.15, -0.1) is 0 Å². The van der Waals surface area contributed by atoms with E-state index in [-0.39, 0.29) is 11.8 Å². The largest absolute Gasteiger partial charge is 0.476 e. The fourth-order valence-electron chi connectivity index (χ4n) is 1.58. The lowest BCUT2D eigenvalue weighted by Gasteiger charge is -2.23. The highest BCUT2D eigenvalue weighted by atomic mass is 16.6. The van der Waals surface area contributed by atoms with E-state index in [0.717, 1.165) is 0 Å². The molecule has 1 aromatic heterocycles. The summed E-state index contributed by atoms with van der Waals surface area (Å²) in [6, 6.07) is 1.73. The van der Waals surface area contributed by atoms with E-state index in [2.05, 4.69) is 4.98 Å². The summed E-state index contributed by atoms with van der Waals surface area (Å²) in [5, 5.41) is 0. The molecule has 1 fully saturated rings. The molecule has 94 valence electrons. The van der Waals surface area contributed by atoms with Crippen LogP contribution < -0.4 is 10.4 Å². The van der Waals surface area contributed by atoms with Crippen molar-refractivity contribution in [2.75, 3.05) is 26.4 Å². The van der Waals surface area contributed by atoms with E-state index in [4.69, 9.17) is 14.2 Å². The summed E-state index contributed by atoms with van der Waals surface area (Å²) in [6.45, 7) is 3.87. The van der Waals surface area contributed by atoms with Gasteiger partial charge in [0.2, 0.25) is 0 Å². The van der Waals surface area contributed by atoms with Crippen LogP contribution in [-0.4, -0.2) is 42.1 Å². The zero-order valence-electron chi connectivity index (χ0n) is 10.0. The number of hydrogen-bond donors (Lipinski definition) is 0. The Morgan fingerprint density at radius 3 is 3.12 bits per heavy atom. The second-order valence-electron chi connectivity index (χ2n) is 3.96. The number of rotatable bonds is 3. The minimum atomic E-state index is -0.319. The molecule has 17 heavy (non-hydrogen) atoms. The molecule has 0 N–H and O–H groups in total. The minimum Gasteiger partial charge on any atom is -0.476 e. The Balaban J connectivity index is 2.00. The van der Waals surface area contributed by atoms with E-state index >= 15 is 0 Å². The number of aryl methyl sites for hydroxylation is 1. The molecule has 6 nitrogen and oxygen atoms in total. The van der Waals surface area contributed by atoms with Gasteiger partial charge in [0.15, 0.2) is 5.88 Å². The maximum Gasteiger partial charge on any atom is 0.350 e. The van der Waals surface area contributed by atoms with Gasteiger partial charge in [-0.05, 0) is 6.92 Å². The fraction of sp³-hybridized carbons (Fsp3) is 0.636. The van der Waals surface area contributed by atoms with E-state index < -0.39 is 0 Å². The predicted molar refractivity (Wildman–Crippen MR) is 60.3 cm³/mol. The molecule has 2 heterocycles. The molecule has 1 unspecified atom stereocenters. The van der Waals surface area contributed by atoms with Crippen LogP contribution in [0.15, 0.2) is 10.9 Å². The first-order valence-corrected chi connectivity index (χ1v) is 5.53. The third-order valence-corrected chi connectivity index (χ3v) is 2.52. The van der Waals surface area contributed by atoms with Crippen molar-refractivity contribution in [1.29, 1.82) is 0 Å². The predicted octanol–water partition coefficient (Wildman–Crippen LogP) is -0.117. The molecule has 1 saturated heterocycles. The topological polar surface area (TPSA) is 62.6 Å². The molecule has 0 amide bonds. The van der Waals surface area contributed by atoms with Crippen LogP contribution in [0, 0.1) is 6.92 Å². The van der Waals surface area contributed by atoms with Crippen LogP contribution in [0.1, 0.15) is 5.69 Å². The molecule has 1 atom stereocenters. The second-order valence-corrected chi connectivity index (χ2v) is 3.96. The van der Waals surface area contributed by atoms with Crippen molar-refractivity contribution < 1.29 is 14.2 Å². The van der Waals surface area contributed by atoms with Crippen LogP contribution >= 0.6 is 0 Å². The first-order chi connectivity index (χ1) is 8.16. The number of nitrogens with zero attached hydrogens (tertiary/aromatic N) is 2. The Hall–Kier alpha value is -1.40. The average Bonchev–Trinajstić information content (AvgIpc) is 2.33. The maximum absolute atomic E-state index is 11.4. The van der Waals surface area contributed by atoms with Crippen LogP contribution in [0.5, 0.6) is 5.88 Å². The van der Waals surface area contributed by atoms with Gasteiger partial charge in [-0.25, -0.2) is 4.79 Å². The van der Waals surface area contributed by atoms with Gasteiger partial charge in [0.25, 0.3) is 0 Å². The van der Waals surface area contributed by atoms with Crippen molar-refractivity contribution in [2.45, 2.75) is 13.0 Å². The van der Waals surface area contributed by atoms with Crippen molar-refractivity contribution in [3.8, 4) is 5.88 Å². The van der Waals surface area contributed by atoms with Crippen molar-refractivity contribution in [1.82, 2.24) is 9.55 Å². The molecule has 0 radical (unpaired) electrons. The normalized spacial score (nSPS) is 20.2. The molecule has 0 aromatic carbocycles. The SMILES string of the molecule is Cc1cc(OCC2COCCO2)n(C)c(=O)n1. The highest BCUT2D eigenvalue weighted by molar-refractivity contribution is 5.14. The number of aromatic nitrogens is 2. The van der Waals surface area contributed by atoms with Gasteiger partial charge in [0.05, 0.1) is 19.8 Å².